The van der Waals surface area contributed by atoms with Gasteiger partial charge in [-0.3, -0.25) is 4.79 Å². The molecule has 0 aromatic carbocycles. The zero-order chi connectivity index (χ0) is 13.1. The van der Waals surface area contributed by atoms with E-state index in [9.17, 15) is 4.79 Å². The number of anilines is 2. The van der Waals surface area contributed by atoms with Crippen molar-refractivity contribution in [3.05, 3.63) is 30.0 Å². The van der Waals surface area contributed by atoms with Crippen molar-refractivity contribution < 1.29 is 4.79 Å². The molecule has 0 spiro atoms. The lowest BCUT2D eigenvalue weighted by Gasteiger charge is -2.03. The molecule has 2 rings (SSSR count). The first kappa shape index (κ1) is 12.3. The molecular weight excluding hydrogens is 250 g/mol. The van der Waals surface area contributed by atoms with Crippen molar-refractivity contribution in [2.75, 3.05) is 11.5 Å². The normalized spacial score (nSPS) is 10.3. The smallest absolute Gasteiger partial charge is 0.197 e. The van der Waals surface area contributed by atoms with Gasteiger partial charge in [0.05, 0.1) is 0 Å². The summed E-state index contributed by atoms with van der Waals surface area (Å²) in [4.78, 5) is 23.4. The number of carbonyl (C=O) groups excluding carboxylic acids is 1. The van der Waals surface area contributed by atoms with Crippen molar-refractivity contribution in [3.63, 3.8) is 0 Å². The fourth-order valence-electron chi connectivity index (χ4n) is 1.29. The van der Waals surface area contributed by atoms with E-state index in [0.717, 1.165) is 0 Å². The third-order valence-corrected chi connectivity index (χ3v) is 2.88. The van der Waals surface area contributed by atoms with Gasteiger partial charge in [0, 0.05) is 17.8 Å². The summed E-state index contributed by atoms with van der Waals surface area (Å²) in [5.74, 6) is 0.577. The Bertz CT molecular complexity index is 581. The Hall–Kier alpha value is -2.15. The number of Topliss-reactive ketones (excluding diaryl/α,β-unsaturated/α-hetero) is 1. The third-order valence-electron chi connectivity index (χ3n) is 2.08. The van der Waals surface area contributed by atoms with Gasteiger partial charge in [0.1, 0.15) is 16.7 Å². The highest BCUT2D eigenvalue weighted by atomic mass is 32.2. The summed E-state index contributed by atoms with van der Waals surface area (Å²) in [5, 5.41) is 1.02. The summed E-state index contributed by atoms with van der Waals surface area (Å²) >= 11 is 1.20. The minimum atomic E-state index is -0.0211. The van der Waals surface area contributed by atoms with Crippen LogP contribution < -0.4 is 11.5 Å². The number of rotatable bonds is 3. The summed E-state index contributed by atoms with van der Waals surface area (Å²) in [5.41, 5.74) is 11.7. The number of carbonyl (C=O) groups is 1. The van der Waals surface area contributed by atoms with Gasteiger partial charge in [-0.05, 0) is 30.8 Å². The Morgan fingerprint density at radius 1 is 1.22 bits per heavy atom. The van der Waals surface area contributed by atoms with Gasteiger partial charge in [-0.15, -0.1) is 0 Å². The monoisotopic (exact) mass is 261 g/mol. The lowest BCUT2D eigenvalue weighted by atomic mass is 10.2. The third kappa shape index (κ3) is 2.95. The van der Waals surface area contributed by atoms with E-state index in [4.69, 9.17) is 11.5 Å². The zero-order valence-electron chi connectivity index (χ0n) is 9.62. The van der Waals surface area contributed by atoms with E-state index in [1.54, 1.807) is 18.3 Å². The summed E-state index contributed by atoms with van der Waals surface area (Å²) < 4.78 is 0. The first-order chi connectivity index (χ1) is 8.54. The fourth-order valence-corrected chi connectivity index (χ4v) is 2.07. The molecule has 2 aromatic heterocycles. The van der Waals surface area contributed by atoms with E-state index in [2.05, 4.69) is 15.0 Å². The van der Waals surface area contributed by atoms with E-state index in [1.807, 2.05) is 0 Å². The van der Waals surface area contributed by atoms with Crippen LogP contribution in [-0.2, 0) is 0 Å². The van der Waals surface area contributed by atoms with Crippen molar-refractivity contribution in [2.45, 2.75) is 17.1 Å². The number of hydrogen-bond donors (Lipinski definition) is 2. The minimum absolute atomic E-state index is 0.0211. The van der Waals surface area contributed by atoms with Crippen LogP contribution in [-0.4, -0.2) is 20.7 Å². The maximum Gasteiger partial charge on any atom is 0.197 e. The van der Waals surface area contributed by atoms with Crippen LogP contribution in [0.1, 0.15) is 17.3 Å². The van der Waals surface area contributed by atoms with Crippen LogP contribution >= 0.6 is 11.8 Å². The number of ketones is 1. The predicted octanol–water partition coefficient (Wildman–Crippen LogP) is 1.39. The molecule has 0 saturated heterocycles. The summed E-state index contributed by atoms with van der Waals surface area (Å²) in [6.07, 6.45) is 1.56. The molecule has 18 heavy (non-hydrogen) atoms. The van der Waals surface area contributed by atoms with Crippen LogP contribution in [0.15, 0.2) is 34.6 Å². The van der Waals surface area contributed by atoms with Crippen LogP contribution in [0.4, 0.5) is 11.6 Å². The predicted molar refractivity (Wildman–Crippen MR) is 69.2 cm³/mol. The first-order valence-electron chi connectivity index (χ1n) is 5.09. The van der Waals surface area contributed by atoms with E-state index >= 15 is 0 Å². The van der Waals surface area contributed by atoms with Crippen LogP contribution in [0, 0.1) is 0 Å². The van der Waals surface area contributed by atoms with E-state index < -0.39 is 0 Å². The Labute approximate surface area is 108 Å². The largest absolute Gasteiger partial charge is 0.383 e. The second kappa shape index (κ2) is 5.01. The average Bonchev–Trinajstić information content (AvgIpc) is 2.27. The van der Waals surface area contributed by atoms with Crippen molar-refractivity contribution in [3.8, 4) is 0 Å². The molecule has 0 amide bonds. The summed E-state index contributed by atoms with van der Waals surface area (Å²) in [7, 11) is 0. The molecule has 0 aliphatic rings. The highest BCUT2D eigenvalue weighted by Gasteiger charge is 2.06. The van der Waals surface area contributed by atoms with Gasteiger partial charge in [-0.1, -0.05) is 0 Å². The molecule has 7 heteroatoms. The number of nitrogens with two attached hydrogens (primary N) is 2. The molecule has 4 N–H and O–H groups in total. The van der Waals surface area contributed by atoms with Gasteiger partial charge in [0.25, 0.3) is 0 Å². The van der Waals surface area contributed by atoms with Crippen molar-refractivity contribution in [1.82, 2.24) is 15.0 Å². The zero-order valence-corrected chi connectivity index (χ0v) is 10.4. The van der Waals surface area contributed by atoms with Gasteiger partial charge < -0.3 is 11.5 Å². The van der Waals surface area contributed by atoms with Crippen molar-refractivity contribution in [2.24, 2.45) is 0 Å². The van der Waals surface area contributed by atoms with Gasteiger partial charge >= 0.3 is 0 Å². The van der Waals surface area contributed by atoms with Gasteiger partial charge in [-0.25, -0.2) is 15.0 Å². The highest BCUT2D eigenvalue weighted by molar-refractivity contribution is 7.99. The molecular formula is C11H11N5OS. The molecule has 0 aliphatic heterocycles. The van der Waals surface area contributed by atoms with Crippen molar-refractivity contribution in [1.29, 1.82) is 0 Å². The number of nitrogens with zero attached hydrogens (tertiary/aromatic N) is 3. The lowest BCUT2D eigenvalue weighted by molar-refractivity contribution is 0.101. The van der Waals surface area contributed by atoms with E-state index in [1.165, 1.54) is 24.8 Å². The Morgan fingerprint density at radius 3 is 2.50 bits per heavy atom. The molecule has 0 aliphatic carbocycles. The quantitative estimate of drug-likeness (QED) is 0.634. The Kier molecular flexibility index (Phi) is 3.42. The molecule has 0 radical (unpaired) electrons. The number of pyridine rings is 1. The molecule has 0 unspecified atom stereocenters. The molecule has 0 fully saturated rings. The summed E-state index contributed by atoms with van der Waals surface area (Å²) in [6.45, 7) is 1.50. The van der Waals surface area contributed by atoms with Crippen LogP contribution in [0.2, 0.25) is 0 Å². The summed E-state index contributed by atoms with van der Waals surface area (Å²) in [6, 6.07) is 4.81. The SMILES string of the molecule is CC(=O)c1ccnc(Sc2nc(N)cc(N)n2)c1. The Balaban J connectivity index is 2.28. The van der Waals surface area contributed by atoms with E-state index in [-0.39, 0.29) is 5.78 Å². The lowest BCUT2D eigenvalue weighted by Crippen LogP contribution is -1.99. The molecule has 2 aromatic rings. The van der Waals surface area contributed by atoms with Gasteiger partial charge in [0.15, 0.2) is 10.9 Å². The fraction of sp³-hybridized carbons (Fsp3) is 0.0909. The highest BCUT2D eigenvalue weighted by Crippen LogP contribution is 2.24. The molecule has 0 atom stereocenters. The van der Waals surface area contributed by atoms with Crippen molar-refractivity contribution >= 4 is 29.2 Å². The molecule has 2 heterocycles. The maximum absolute atomic E-state index is 11.2. The molecule has 92 valence electrons. The van der Waals surface area contributed by atoms with Crippen LogP contribution in [0.5, 0.6) is 0 Å². The maximum atomic E-state index is 11.2. The van der Waals surface area contributed by atoms with Gasteiger partial charge in [0.2, 0.25) is 0 Å². The average molecular weight is 261 g/mol. The van der Waals surface area contributed by atoms with Crippen LogP contribution in [0.25, 0.3) is 0 Å². The second-order valence-electron chi connectivity index (χ2n) is 3.54. The Morgan fingerprint density at radius 2 is 1.89 bits per heavy atom. The second-order valence-corrected chi connectivity index (χ2v) is 4.53. The molecule has 6 nitrogen and oxygen atoms in total. The number of aromatic nitrogens is 3. The number of nitrogen functional groups attached to an aromatic ring is 2. The van der Waals surface area contributed by atoms with Gasteiger partial charge in [-0.2, -0.15) is 0 Å². The topological polar surface area (TPSA) is 108 Å². The standard InChI is InChI=1S/C11H11N5OS/c1-6(17)7-2-3-14-10(4-7)18-11-15-8(12)5-9(13)16-11/h2-5H,1H3,(H4,12,13,15,16). The minimum Gasteiger partial charge on any atom is -0.383 e. The molecule has 0 saturated carbocycles. The number of hydrogen-bond acceptors (Lipinski definition) is 7. The molecule has 0 bridgehead atoms. The first-order valence-corrected chi connectivity index (χ1v) is 5.91. The van der Waals surface area contributed by atoms with E-state index in [0.29, 0.717) is 27.4 Å². The van der Waals surface area contributed by atoms with Crippen LogP contribution in [0.3, 0.4) is 0 Å².